The Morgan fingerprint density at radius 3 is 1.62 bits per heavy atom. The van der Waals surface area contributed by atoms with Crippen LogP contribution >= 0.6 is 0 Å². The number of aromatic nitrogens is 4. The summed E-state index contributed by atoms with van der Waals surface area (Å²) in [4.78, 5) is 24.6. The first-order chi connectivity index (χ1) is 27.4. The second-order valence-electron chi connectivity index (χ2n) is 13.8. The number of pyridine rings is 2. The van der Waals surface area contributed by atoms with Crippen molar-refractivity contribution < 1.29 is 23.0 Å². The molecule has 4 aromatic heterocycles. The molecule has 9 rings (SSSR count). The zero-order chi connectivity index (χ0) is 38.4. The Morgan fingerprint density at radius 2 is 1.16 bits per heavy atom. The maximum Gasteiger partial charge on any atom is 0.211 e. The number of benzene rings is 4. The van der Waals surface area contributed by atoms with Crippen molar-refractivity contribution in [1.29, 1.82) is 0 Å². The van der Waals surface area contributed by atoms with E-state index in [4.69, 9.17) is 9.47 Å². The van der Waals surface area contributed by atoms with E-state index in [-0.39, 0.29) is 6.54 Å². The van der Waals surface area contributed by atoms with Gasteiger partial charge in [0.1, 0.15) is 28.7 Å². The van der Waals surface area contributed by atoms with Gasteiger partial charge in [-0.25, -0.2) is 8.78 Å². The van der Waals surface area contributed by atoms with Gasteiger partial charge in [0.2, 0.25) is 18.2 Å². The average Bonchev–Trinajstić information content (AvgIpc) is 3.74. The van der Waals surface area contributed by atoms with Crippen LogP contribution in [0.15, 0.2) is 134 Å². The molecular formula is C45H36F2N6O3. The third-order valence-electron chi connectivity index (χ3n) is 10.6. The molecule has 1 amide bonds. The van der Waals surface area contributed by atoms with Crippen LogP contribution in [0.4, 0.5) is 8.78 Å². The predicted octanol–water partition coefficient (Wildman–Crippen LogP) is 9.15. The molecule has 0 spiro atoms. The van der Waals surface area contributed by atoms with E-state index in [2.05, 4.69) is 15.3 Å². The number of ether oxygens (including phenoxy) is 2. The number of piperazine rings is 1. The number of para-hydroxylation sites is 2. The molecule has 1 aliphatic rings. The first-order valence-electron chi connectivity index (χ1n) is 18.3. The summed E-state index contributed by atoms with van der Waals surface area (Å²) < 4.78 is 48.0. The lowest BCUT2D eigenvalue weighted by Crippen LogP contribution is -2.59. The number of carbonyl (C=O) groups is 1. The minimum absolute atomic E-state index is 0.217. The van der Waals surface area contributed by atoms with Gasteiger partial charge in [-0.2, -0.15) is 0 Å². The summed E-state index contributed by atoms with van der Waals surface area (Å²) in [6.07, 6.45) is 7.79. The zero-order valence-corrected chi connectivity index (χ0v) is 30.6. The van der Waals surface area contributed by atoms with Gasteiger partial charge in [-0.1, -0.05) is 48.5 Å². The number of aryl methyl sites for hydroxylation is 2. The third kappa shape index (κ3) is 5.66. The second kappa shape index (κ2) is 14.1. The monoisotopic (exact) mass is 746 g/mol. The minimum Gasteiger partial charge on any atom is -0.440 e. The van der Waals surface area contributed by atoms with Gasteiger partial charge >= 0.3 is 0 Å². The lowest BCUT2D eigenvalue weighted by molar-refractivity contribution is -0.124. The van der Waals surface area contributed by atoms with Crippen molar-refractivity contribution in [3.05, 3.63) is 168 Å². The molecule has 11 heteroatoms. The van der Waals surface area contributed by atoms with E-state index in [1.54, 1.807) is 41.8 Å². The van der Waals surface area contributed by atoms with E-state index in [1.807, 2.05) is 95.8 Å². The molecule has 1 N–H and O–H groups in total. The summed E-state index contributed by atoms with van der Waals surface area (Å²) in [5, 5.41) is 5.09. The summed E-state index contributed by atoms with van der Waals surface area (Å²) in [7, 11) is 0. The molecule has 56 heavy (non-hydrogen) atoms. The highest BCUT2D eigenvalue weighted by atomic mass is 19.1. The summed E-state index contributed by atoms with van der Waals surface area (Å²) >= 11 is 0. The Morgan fingerprint density at radius 1 is 0.679 bits per heavy atom. The molecule has 0 atom stereocenters. The summed E-state index contributed by atoms with van der Waals surface area (Å²) in [6, 6.07) is 32.1. The molecular weight excluding hydrogens is 711 g/mol. The summed E-state index contributed by atoms with van der Waals surface area (Å²) in [6.45, 7) is 4.75. The first-order valence-corrected chi connectivity index (χ1v) is 18.3. The molecule has 4 aromatic carbocycles. The topological polar surface area (TPSA) is 86.4 Å². The SMILES string of the molecule is Cc1ccc(F)cc1Oc1c(C2(c3c(Oc4cc(F)ccc4C)n(-c4ccccc4)c4cnccc34)CNCCN2C=O)c2ccncc2n1-c1ccccc1. The standard InChI is InChI=1S/C45H36F2N6O3/c1-29-13-15-31(46)23-39(29)55-43-41(35-17-19-48-25-37(35)52(43)33-9-5-3-6-10-33)45(27-50-21-22-51(45)28-54)42-36-18-20-49-26-38(36)53(34-11-7-4-8-12-34)44(42)56-40-24-32(47)16-14-30(40)2/h3-20,23-26,28,50H,21-22,27H2,1-2H3. The molecule has 5 heterocycles. The number of fused-ring (bicyclic) bond motifs is 2. The molecule has 8 aromatic rings. The van der Waals surface area contributed by atoms with Gasteiger partial charge in [0.05, 0.1) is 34.6 Å². The van der Waals surface area contributed by atoms with E-state index in [0.29, 0.717) is 69.6 Å². The van der Waals surface area contributed by atoms with Crippen molar-refractivity contribution in [1.82, 2.24) is 29.3 Å². The normalized spacial score (nSPS) is 14.0. The van der Waals surface area contributed by atoms with Gasteiger partial charge in [-0.3, -0.25) is 23.9 Å². The van der Waals surface area contributed by atoms with Gasteiger partial charge < -0.3 is 19.7 Å². The highest BCUT2D eigenvalue weighted by Crippen LogP contribution is 2.54. The van der Waals surface area contributed by atoms with Crippen LogP contribution in [0.3, 0.4) is 0 Å². The van der Waals surface area contributed by atoms with Gasteiger partial charge in [-0.15, -0.1) is 0 Å². The lowest BCUT2D eigenvalue weighted by Gasteiger charge is -2.46. The van der Waals surface area contributed by atoms with Crippen LogP contribution in [0.25, 0.3) is 33.2 Å². The molecule has 1 aliphatic heterocycles. The number of nitrogens with zero attached hydrogens (tertiary/aromatic N) is 5. The fraction of sp³-hybridized carbons (Fsp3) is 0.133. The average molecular weight is 747 g/mol. The third-order valence-corrected chi connectivity index (χ3v) is 10.6. The van der Waals surface area contributed by atoms with Crippen molar-refractivity contribution >= 4 is 28.2 Å². The number of hydrogen-bond donors (Lipinski definition) is 1. The fourth-order valence-electron chi connectivity index (χ4n) is 7.95. The van der Waals surface area contributed by atoms with E-state index in [9.17, 15) is 4.79 Å². The smallest absolute Gasteiger partial charge is 0.211 e. The van der Waals surface area contributed by atoms with E-state index < -0.39 is 17.2 Å². The predicted molar refractivity (Wildman–Crippen MR) is 211 cm³/mol. The highest BCUT2D eigenvalue weighted by Gasteiger charge is 2.51. The number of nitrogens with one attached hydrogen (secondary N) is 1. The number of hydrogen-bond acceptors (Lipinski definition) is 6. The zero-order valence-electron chi connectivity index (χ0n) is 30.6. The van der Waals surface area contributed by atoms with Crippen LogP contribution in [0.1, 0.15) is 22.3 Å². The molecule has 0 bridgehead atoms. The number of rotatable bonds is 9. The molecule has 0 aliphatic carbocycles. The van der Waals surface area contributed by atoms with Crippen molar-refractivity contribution in [2.75, 3.05) is 19.6 Å². The van der Waals surface area contributed by atoms with Crippen molar-refractivity contribution in [2.24, 2.45) is 0 Å². The molecule has 278 valence electrons. The van der Waals surface area contributed by atoms with Crippen LogP contribution in [0, 0.1) is 25.5 Å². The van der Waals surface area contributed by atoms with Crippen LogP contribution in [0.5, 0.6) is 23.3 Å². The molecule has 1 saturated heterocycles. The Balaban J connectivity index is 1.47. The van der Waals surface area contributed by atoms with Gasteiger partial charge in [0.15, 0.2) is 0 Å². The molecule has 0 unspecified atom stereocenters. The Labute approximate surface area is 321 Å². The maximum atomic E-state index is 15.0. The van der Waals surface area contributed by atoms with Gasteiger partial charge in [-0.05, 0) is 73.5 Å². The maximum absolute atomic E-state index is 15.0. The van der Waals surface area contributed by atoms with E-state index in [1.165, 1.54) is 24.3 Å². The van der Waals surface area contributed by atoms with Crippen LogP contribution in [-0.2, 0) is 10.3 Å². The minimum atomic E-state index is -1.37. The largest absolute Gasteiger partial charge is 0.440 e. The lowest BCUT2D eigenvalue weighted by atomic mass is 9.79. The Kier molecular flexibility index (Phi) is 8.78. The molecule has 0 radical (unpaired) electrons. The molecule has 0 saturated carbocycles. The first kappa shape index (κ1) is 34.9. The number of halogens is 2. The van der Waals surface area contributed by atoms with Crippen LogP contribution in [0.2, 0.25) is 0 Å². The Bertz CT molecular complexity index is 2570. The van der Waals surface area contributed by atoms with Crippen molar-refractivity contribution in [3.8, 4) is 34.6 Å². The fourth-order valence-corrected chi connectivity index (χ4v) is 7.95. The molecule has 9 nitrogen and oxygen atoms in total. The molecule has 1 fully saturated rings. The van der Waals surface area contributed by atoms with E-state index in [0.717, 1.165) is 28.6 Å². The van der Waals surface area contributed by atoms with E-state index >= 15 is 8.78 Å². The van der Waals surface area contributed by atoms with Crippen LogP contribution < -0.4 is 14.8 Å². The second-order valence-corrected chi connectivity index (χ2v) is 13.8. The summed E-state index contributed by atoms with van der Waals surface area (Å²) in [5.74, 6) is 0.396. The van der Waals surface area contributed by atoms with Crippen molar-refractivity contribution in [3.63, 3.8) is 0 Å². The van der Waals surface area contributed by atoms with Crippen molar-refractivity contribution in [2.45, 2.75) is 19.4 Å². The van der Waals surface area contributed by atoms with Gasteiger partial charge in [0.25, 0.3) is 0 Å². The quantitative estimate of drug-likeness (QED) is 0.148. The number of carbonyl (C=O) groups excluding carboxylic acids is 1. The number of amides is 1. The van der Waals surface area contributed by atoms with Crippen LogP contribution in [-0.4, -0.2) is 50.0 Å². The summed E-state index contributed by atoms with van der Waals surface area (Å²) in [5.41, 5.74) is 4.21. The highest BCUT2D eigenvalue weighted by molar-refractivity contribution is 5.95. The Hall–Kier alpha value is -6.85. The van der Waals surface area contributed by atoms with Gasteiger partial charge in [0, 0.05) is 66.3 Å².